The molecule has 0 bridgehead atoms. The third-order valence-corrected chi connectivity index (χ3v) is 2.96. The molecule has 0 aliphatic carbocycles. The lowest BCUT2D eigenvalue weighted by Crippen LogP contribution is -2.06. The van der Waals surface area contributed by atoms with Crippen LogP contribution < -0.4 is 10.6 Å². The summed E-state index contributed by atoms with van der Waals surface area (Å²) in [5.41, 5.74) is 0.766. The maximum Gasteiger partial charge on any atom is 0.224 e. The van der Waals surface area contributed by atoms with Gasteiger partial charge >= 0.3 is 0 Å². The smallest absolute Gasteiger partial charge is 0.224 e. The van der Waals surface area contributed by atoms with Crippen molar-refractivity contribution < 1.29 is 4.39 Å². The minimum absolute atomic E-state index is 0.266. The lowest BCUT2D eigenvalue weighted by Gasteiger charge is -2.09. The molecule has 1 heterocycles. The van der Waals surface area contributed by atoms with Crippen molar-refractivity contribution in [3.05, 3.63) is 40.8 Å². The third kappa shape index (κ3) is 3.89. The second-order valence-electron chi connectivity index (χ2n) is 3.95. The van der Waals surface area contributed by atoms with Crippen LogP contribution in [0.25, 0.3) is 0 Å². The van der Waals surface area contributed by atoms with Crippen LogP contribution in [0.2, 0.25) is 0 Å². The number of halogens is 2. The van der Waals surface area contributed by atoms with Gasteiger partial charge in [-0.2, -0.15) is 4.98 Å². The first-order valence-corrected chi connectivity index (χ1v) is 6.77. The molecule has 4 nitrogen and oxygen atoms in total. The number of hydrogen-bond acceptors (Lipinski definition) is 4. The van der Waals surface area contributed by atoms with Crippen molar-refractivity contribution in [2.45, 2.75) is 13.3 Å². The van der Waals surface area contributed by atoms with E-state index in [1.807, 2.05) is 0 Å². The van der Waals surface area contributed by atoms with Crippen LogP contribution in [0.15, 0.2) is 34.9 Å². The van der Waals surface area contributed by atoms with Gasteiger partial charge in [-0.25, -0.2) is 9.37 Å². The SMILES string of the molecule is CCCNc1ncc(Br)c(Nc2ccc(F)cc2)n1. The van der Waals surface area contributed by atoms with E-state index < -0.39 is 0 Å². The summed E-state index contributed by atoms with van der Waals surface area (Å²) in [4.78, 5) is 8.52. The maximum atomic E-state index is 12.8. The van der Waals surface area contributed by atoms with Gasteiger partial charge in [0.2, 0.25) is 5.95 Å². The first kappa shape index (κ1) is 13.7. The molecule has 0 saturated carbocycles. The van der Waals surface area contributed by atoms with Crippen LogP contribution in [0.3, 0.4) is 0 Å². The Labute approximate surface area is 119 Å². The predicted molar refractivity (Wildman–Crippen MR) is 78.2 cm³/mol. The fourth-order valence-electron chi connectivity index (χ4n) is 1.45. The average Bonchev–Trinajstić information content (AvgIpc) is 2.42. The van der Waals surface area contributed by atoms with E-state index in [1.165, 1.54) is 12.1 Å². The molecule has 19 heavy (non-hydrogen) atoms. The van der Waals surface area contributed by atoms with Gasteiger partial charge in [0, 0.05) is 18.4 Å². The highest BCUT2D eigenvalue weighted by atomic mass is 79.9. The number of hydrogen-bond donors (Lipinski definition) is 2. The molecule has 1 aromatic heterocycles. The summed E-state index contributed by atoms with van der Waals surface area (Å²) in [7, 11) is 0. The van der Waals surface area contributed by atoms with Gasteiger partial charge in [0.05, 0.1) is 4.47 Å². The zero-order valence-electron chi connectivity index (χ0n) is 10.5. The molecule has 0 amide bonds. The molecule has 0 radical (unpaired) electrons. The zero-order valence-corrected chi connectivity index (χ0v) is 12.0. The Morgan fingerprint density at radius 1 is 1.26 bits per heavy atom. The average molecular weight is 325 g/mol. The monoisotopic (exact) mass is 324 g/mol. The molecular weight excluding hydrogens is 311 g/mol. The molecule has 0 aliphatic rings. The van der Waals surface area contributed by atoms with Crippen molar-refractivity contribution in [1.82, 2.24) is 9.97 Å². The molecule has 1 aromatic carbocycles. The van der Waals surface area contributed by atoms with Crippen LogP contribution in [0.1, 0.15) is 13.3 Å². The highest BCUT2D eigenvalue weighted by Crippen LogP contribution is 2.24. The van der Waals surface area contributed by atoms with E-state index in [0.29, 0.717) is 11.8 Å². The molecule has 0 saturated heterocycles. The molecule has 2 N–H and O–H groups in total. The van der Waals surface area contributed by atoms with Gasteiger partial charge in [-0.1, -0.05) is 6.92 Å². The number of benzene rings is 1. The van der Waals surface area contributed by atoms with E-state index in [9.17, 15) is 4.39 Å². The summed E-state index contributed by atoms with van der Waals surface area (Å²) in [5.74, 6) is 0.937. The number of aromatic nitrogens is 2. The zero-order chi connectivity index (χ0) is 13.7. The van der Waals surface area contributed by atoms with Gasteiger partial charge in [-0.3, -0.25) is 0 Å². The predicted octanol–water partition coefficient (Wildman–Crippen LogP) is 3.94. The molecule has 0 fully saturated rings. The summed E-state index contributed by atoms with van der Waals surface area (Å²) >= 11 is 3.38. The van der Waals surface area contributed by atoms with Gasteiger partial charge in [0.1, 0.15) is 11.6 Å². The Kier molecular flexibility index (Phi) is 4.68. The Hall–Kier alpha value is -1.69. The van der Waals surface area contributed by atoms with Crippen LogP contribution in [0, 0.1) is 5.82 Å². The molecule has 0 atom stereocenters. The summed E-state index contributed by atoms with van der Waals surface area (Å²) in [5, 5.41) is 6.23. The largest absolute Gasteiger partial charge is 0.354 e. The molecule has 100 valence electrons. The van der Waals surface area contributed by atoms with Crippen molar-refractivity contribution in [1.29, 1.82) is 0 Å². The Balaban J connectivity index is 2.16. The van der Waals surface area contributed by atoms with Gasteiger partial charge in [-0.05, 0) is 46.6 Å². The van der Waals surface area contributed by atoms with E-state index in [-0.39, 0.29) is 5.82 Å². The summed E-state index contributed by atoms with van der Waals surface area (Å²) in [6.45, 7) is 2.89. The van der Waals surface area contributed by atoms with E-state index in [2.05, 4.69) is 43.5 Å². The minimum atomic E-state index is -0.266. The molecule has 6 heteroatoms. The number of rotatable bonds is 5. The molecule has 0 aliphatic heterocycles. The summed E-state index contributed by atoms with van der Waals surface area (Å²) in [6, 6.07) is 6.10. The Morgan fingerprint density at radius 2 is 2.00 bits per heavy atom. The topological polar surface area (TPSA) is 49.8 Å². The Morgan fingerprint density at radius 3 is 2.68 bits per heavy atom. The van der Waals surface area contributed by atoms with Crippen LogP contribution in [0.5, 0.6) is 0 Å². The van der Waals surface area contributed by atoms with Crippen molar-refractivity contribution in [3.8, 4) is 0 Å². The highest BCUT2D eigenvalue weighted by molar-refractivity contribution is 9.10. The molecule has 0 spiro atoms. The third-order valence-electron chi connectivity index (χ3n) is 2.38. The Bertz CT molecular complexity index is 545. The summed E-state index contributed by atoms with van der Waals surface area (Å²) in [6.07, 6.45) is 2.68. The van der Waals surface area contributed by atoms with Gasteiger partial charge in [0.15, 0.2) is 0 Å². The minimum Gasteiger partial charge on any atom is -0.354 e. The lowest BCUT2D eigenvalue weighted by molar-refractivity contribution is 0.628. The second-order valence-corrected chi connectivity index (χ2v) is 4.80. The standard InChI is InChI=1S/C13H14BrFN4/c1-2-7-16-13-17-8-11(14)12(19-13)18-10-5-3-9(15)4-6-10/h3-6,8H,2,7H2,1H3,(H2,16,17,18,19). The first-order chi connectivity index (χ1) is 9.19. The number of nitrogens with zero attached hydrogens (tertiary/aromatic N) is 2. The fraction of sp³-hybridized carbons (Fsp3) is 0.231. The lowest BCUT2D eigenvalue weighted by atomic mass is 10.3. The molecule has 0 unspecified atom stereocenters. The van der Waals surface area contributed by atoms with E-state index >= 15 is 0 Å². The van der Waals surface area contributed by atoms with Crippen molar-refractivity contribution >= 4 is 33.4 Å². The summed E-state index contributed by atoms with van der Waals surface area (Å²) < 4.78 is 13.6. The van der Waals surface area contributed by atoms with E-state index in [0.717, 1.165) is 23.1 Å². The normalized spacial score (nSPS) is 10.3. The molecule has 2 rings (SSSR count). The maximum absolute atomic E-state index is 12.8. The van der Waals surface area contributed by atoms with E-state index in [4.69, 9.17) is 0 Å². The van der Waals surface area contributed by atoms with Gasteiger partial charge in [0.25, 0.3) is 0 Å². The molecular formula is C13H14BrFN4. The van der Waals surface area contributed by atoms with Crippen LogP contribution in [-0.4, -0.2) is 16.5 Å². The first-order valence-electron chi connectivity index (χ1n) is 5.98. The van der Waals surface area contributed by atoms with Crippen molar-refractivity contribution in [2.75, 3.05) is 17.2 Å². The van der Waals surface area contributed by atoms with Gasteiger partial charge < -0.3 is 10.6 Å². The molecule has 2 aromatic rings. The van der Waals surface area contributed by atoms with Crippen LogP contribution >= 0.6 is 15.9 Å². The van der Waals surface area contributed by atoms with Gasteiger partial charge in [-0.15, -0.1) is 0 Å². The second kappa shape index (κ2) is 6.47. The number of nitrogens with one attached hydrogen (secondary N) is 2. The van der Waals surface area contributed by atoms with E-state index in [1.54, 1.807) is 18.3 Å². The highest BCUT2D eigenvalue weighted by Gasteiger charge is 2.05. The van der Waals surface area contributed by atoms with Crippen LogP contribution in [0.4, 0.5) is 21.8 Å². The quantitative estimate of drug-likeness (QED) is 0.874. The fourth-order valence-corrected chi connectivity index (χ4v) is 1.74. The van der Waals surface area contributed by atoms with Crippen molar-refractivity contribution in [2.24, 2.45) is 0 Å². The van der Waals surface area contributed by atoms with Crippen molar-refractivity contribution in [3.63, 3.8) is 0 Å². The van der Waals surface area contributed by atoms with Crippen LogP contribution in [-0.2, 0) is 0 Å². The number of anilines is 3.